The van der Waals surface area contributed by atoms with Crippen molar-refractivity contribution < 1.29 is 14.2 Å². The Morgan fingerprint density at radius 2 is 1.57 bits per heavy atom. The van der Waals surface area contributed by atoms with Gasteiger partial charge in [0.2, 0.25) is 6.29 Å². The first-order chi connectivity index (χ1) is 24.0. The molecule has 10 heteroatoms. The first-order valence-electron chi connectivity index (χ1n) is 16.8. The smallest absolute Gasteiger partial charge is 0.201 e. The second kappa shape index (κ2) is 15.9. The molecule has 3 aromatic heterocycles. The molecule has 0 amide bonds. The lowest BCUT2D eigenvalue weighted by molar-refractivity contribution is -0.108. The van der Waals surface area contributed by atoms with E-state index in [0.717, 1.165) is 69.6 Å². The van der Waals surface area contributed by atoms with E-state index in [1.54, 1.807) is 18.9 Å². The van der Waals surface area contributed by atoms with Gasteiger partial charge >= 0.3 is 0 Å². The van der Waals surface area contributed by atoms with Crippen LogP contribution in [0, 0.1) is 0 Å². The first-order valence-corrected chi connectivity index (χ1v) is 16.8. The van der Waals surface area contributed by atoms with Crippen LogP contribution in [0.4, 0.5) is 0 Å². The van der Waals surface area contributed by atoms with Gasteiger partial charge in [0.05, 0.1) is 6.54 Å². The molecular weight excluding hydrogens is 614 g/mol. The summed E-state index contributed by atoms with van der Waals surface area (Å²) >= 11 is 0. The monoisotopic (exact) mass is 657 g/mol. The predicted octanol–water partition coefficient (Wildman–Crippen LogP) is 8.16. The summed E-state index contributed by atoms with van der Waals surface area (Å²) in [6.45, 7) is 7.29. The maximum Gasteiger partial charge on any atom is 0.201 e. The molecule has 0 bridgehead atoms. The minimum atomic E-state index is -0.626. The molecule has 0 aliphatic heterocycles. The van der Waals surface area contributed by atoms with E-state index in [-0.39, 0.29) is 6.23 Å². The molecular formula is C39H43N7O3. The SMILES string of the molecule is CCCCc1nc2cc(/C=C/c3ccccc3)c(C(OC)OC)nc2n1Cc1ccc(-c2ccccc2-c2nnnn2C(C)OCC)cc1. The van der Waals surface area contributed by atoms with Crippen molar-refractivity contribution in [2.24, 2.45) is 0 Å². The van der Waals surface area contributed by atoms with Crippen LogP contribution in [0.25, 0.3) is 45.8 Å². The molecule has 0 spiro atoms. The van der Waals surface area contributed by atoms with Gasteiger partial charge in [-0.05, 0) is 59.0 Å². The van der Waals surface area contributed by atoms with Gasteiger partial charge in [-0.3, -0.25) is 0 Å². The molecule has 0 aliphatic rings. The number of fused-ring (bicyclic) bond motifs is 1. The van der Waals surface area contributed by atoms with Crippen molar-refractivity contribution in [2.45, 2.75) is 59.1 Å². The van der Waals surface area contributed by atoms with Crippen molar-refractivity contribution in [1.82, 2.24) is 34.7 Å². The molecule has 0 saturated heterocycles. The van der Waals surface area contributed by atoms with Gasteiger partial charge in [0.15, 0.2) is 17.7 Å². The highest BCUT2D eigenvalue weighted by atomic mass is 16.7. The van der Waals surface area contributed by atoms with Gasteiger partial charge in [0.1, 0.15) is 17.0 Å². The van der Waals surface area contributed by atoms with Crippen molar-refractivity contribution in [3.63, 3.8) is 0 Å². The summed E-state index contributed by atoms with van der Waals surface area (Å²) < 4.78 is 21.2. The van der Waals surface area contributed by atoms with Crippen LogP contribution in [0.15, 0.2) is 84.9 Å². The third-order valence-corrected chi connectivity index (χ3v) is 8.54. The number of aromatic nitrogens is 7. The number of unbranched alkanes of at least 4 members (excludes halogenated alkanes) is 1. The molecule has 49 heavy (non-hydrogen) atoms. The van der Waals surface area contributed by atoms with E-state index in [9.17, 15) is 0 Å². The molecule has 6 aromatic rings. The Labute approximate surface area is 287 Å². The van der Waals surface area contributed by atoms with Crippen LogP contribution >= 0.6 is 0 Å². The van der Waals surface area contributed by atoms with Crippen LogP contribution in [0.2, 0.25) is 0 Å². The van der Waals surface area contributed by atoms with Crippen molar-refractivity contribution in [1.29, 1.82) is 0 Å². The first kappa shape index (κ1) is 33.9. The standard InChI is InChI=1S/C39H43N7O3/c1-6-8-18-35-40-34-25-31(24-19-28-14-10-9-11-15-28)36(39(47-4)48-5)41-38(34)45(35)26-29-20-22-30(23-21-29)32-16-12-13-17-33(32)37-42-43-44-46(37)27(3)49-7-2/h9-17,19-25,27,39H,6-8,18,26H2,1-5H3/b24-19+. The van der Waals surface area contributed by atoms with Crippen molar-refractivity contribution in [3.8, 4) is 22.5 Å². The van der Waals surface area contributed by atoms with Gasteiger partial charge in [-0.25, -0.2) is 9.97 Å². The highest BCUT2D eigenvalue weighted by Crippen LogP contribution is 2.33. The van der Waals surface area contributed by atoms with Crippen LogP contribution in [-0.2, 0) is 27.2 Å². The molecule has 252 valence electrons. The zero-order valence-electron chi connectivity index (χ0n) is 28.8. The maximum absolute atomic E-state index is 5.78. The minimum absolute atomic E-state index is 0.287. The number of benzene rings is 3. The number of pyridine rings is 1. The lowest BCUT2D eigenvalue weighted by Crippen LogP contribution is -2.12. The zero-order chi connectivity index (χ0) is 34.2. The molecule has 1 atom stereocenters. The van der Waals surface area contributed by atoms with E-state index in [0.29, 0.717) is 24.7 Å². The summed E-state index contributed by atoms with van der Waals surface area (Å²) in [5.41, 5.74) is 8.55. The van der Waals surface area contributed by atoms with Gasteiger partial charge in [-0.1, -0.05) is 104 Å². The number of methoxy groups -OCH3 is 2. The number of aryl methyl sites for hydroxylation is 1. The third-order valence-electron chi connectivity index (χ3n) is 8.54. The number of rotatable bonds is 15. The zero-order valence-corrected chi connectivity index (χ0v) is 28.8. The quantitative estimate of drug-likeness (QED) is 0.102. The Balaban J connectivity index is 1.36. The largest absolute Gasteiger partial charge is 0.357 e. The summed E-state index contributed by atoms with van der Waals surface area (Å²) in [5.74, 6) is 1.67. The molecule has 6 rings (SSSR count). The fourth-order valence-corrected chi connectivity index (χ4v) is 6.04. The molecule has 0 fully saturated rings. The minimum Gasteiger partial charge on any atom is -0.357 e. The fourth-order valence-electron chi connectivity index (χ4n) is 6.04. The summed E-state index contributed by atoms with van der Waals surface area (Å²) in [7, 11) is 3.27. The fraction of sp³-hybridized carbons (Fsp3) is 0.308. The van der Waals surface area contributed by atoms with E-state index in [4.69, 9.17) is 24.2 Å². The van der Waals surface area contributed by atoms with Crippen LogP contribution in [0.3, 0.4) is 0 Å². The molecule has 3 aromatic carbocycles. The Kier molecular flexibility index (Phi) is 11.0. The topological polar surface area (TPSA) is 102 Å². The van der Waals surface area contributed by atoms with Crippen molar-refractivity contribution in [2.75, 3.05) is 20.8 Å². The molecule has 0 radical (unpaired) electrons. The number of hydrogen-bond donors (Lipinski definition) is 0. The van der Waals surface area contributed by atoms with Crippen LogP contribution in [0.1, 0.15) is 74.3 Å². The second-order valence-electron chi connectivity index (χ2n) is 11.8. The van der Waals surface area contributed by atoms with E-state index in [1.165, 1.54) is 0 Å². The second-order valence-corrected chi connectivity index (χ2v) is 11.8. The molecule has 0 saturated carbocycles. The highest BCUT2D eigenvalue weighted by molar-refractivity contribution is 5.81. The predicted molar refractivity (Wildman–Crippen MR) is 192 cm³/mol. The van der Waals surface area contributed by atoms with Crippen molar-refractivity contribution in [3.05, 3.63) is 113 Å². The van der Waals surface area contributed by atoms with Crippen LogP contribution in [-0.4, -0.2) is 55.6 Å². The average Bonchev–Trinajstić information content (AvgIpc) is 3.76. The number of ether oxygens (including phenoxy) is 3. The van der Waals surface area contributed by atoms with Gasteiger partial charge in [-0.15, -0.1) is 5.10 Å². The summed E-state index contributed by atoms with van der Waals surface area (Å²) in [6, 6.07) is 29.1. The molecule has 0 N–H and O–H groups in total. The van der Waals surface area contributed by atoms with Crippen LogP contribution in [0.5, 0.6) is 0 Å². The van der Waals surface area contributed by atoms with Gasteiger partial charge in [0, 0.05) is 38.4 Å². The Morgan fingerprint density at radius 3 is 2.29 bits per heavy atom. The van der Waals surface area contributed by atoms with Gasteiger partial charge in [0.25, 0.3) is 0 Å². The maximum atomic E-state index is 5.78. The Bertz CT molecular complexity index is 2000. The van der Waals surface area contributed by atoms with E-state index in [1.807, 2.05) is 50.2 Å². The number of imidazole rings is 1. The van der Waals surface area contributed by atoms with Gasteiger partial charge in [-0.2, -0.15) is 4.68 Å². The lowest BCUT2D eigenvalue weighted by Gasteiger charge is -2.16. The molecule has 1 unspecified atom stereocenters. The molecule has 0 aliphatic carbocycles. The summed E-state index contributed by atoms with van der Waals surface area (Å²) in [4.78, 5) is 10.3. The normalized spacial score (nSPS) is 12.4. The number of hydrogen-bond acceptors (Lipinski definition) is 8. The number of tetrazole rings is 1. The van der Waals surface area contributed by atoms with Crippen LogP contribution < -0.4 is 0 Å². The van der Waals surface area contributed by atoms with Crippen molar-refractivity contribution >= 4 is 23.3 Å². The molecule has 10 nitrogen and oxygen atoms in total. The van der Waals surface area contributed by atoms with Gasteiger partial charge < -0.3 is 18.8 Å². The average molecular weight is 658 g/mol. The summed E-state index contributed by atoms with van der Waals surface area (Å²) in [6.07, 6.45) is 6.18. The number of nitrogens with zero attached hydrogens (tertiary/aromatic N) is 7. The third kappa shape index (κ3) is 7.51. The Hall–Kier alpha value is -5.03. The lowest BCUT2D eigenvalue weighted by atomic mass is 9.98. The van der Waals surface area contributed by atoms with E-state index in [2.05, 4.69) is 87.7 Å². The van der Waals surface area contributed by atoms with E-state index >= 15 is 0 Å². The highest BCUT2D eigenvalue weighted by Gasteiger charge is 2.21. The Morgan fingerprint density at radius 1 is 0.837 bits per heavy atom. The molecule has 3 heterocycles. The van der Waals surface area contributed by atoms with E-state index < -0.39 is 6.29 Å². The summed E-state index contributed by atoms with van der Waals surface area (Å²) in [5, 5.41) is 12.5.